The summed E-state index contributed by atoms with van der Waals surface area (Å²) in [5, 5.41) is 6.10. The van der Waals surface area contributed by atoms with Gasteiger partial charge in [0.15, 0.2) is 16.5 Å². The Morgan fingerprint density at radius 2 is 1.88 bits per heavy atom. The maximum absolute atomic E-state index is 14.0. The van der Waals surface area contributed by atoms with Crippen LogP contribution in [0.1, 0.15) is 49.9 Å². The topological polar surface area (TPSA) is 140 Å². The first-order valence-electron chi connectivity index (χ1n) is 15.5. The largest absolute Gasteiger partial charge is 0.474 e. The molecule has 1 saturated heterocycles. The van der Waals surface area contributed by atoms with Crippen molar-refractivity contribution in [2.45, 2.75) is 69.3 Å². The number of thiazole rings is 2. The van der Waals surface area contributed by atoms with E-state index in [1.54, 1.807) is 18.0 Å². The van der Waals surface area contributed by atoms with Crippen LogP contribution >= 0.6 is 22.7 Å². The SMILES string of the molecule is COC(=O)[C@@]12C[C@@H]1/C=C\CCCCN(C)C(=O)N1CC[C@H](Oc3cc(-c4nc(C)cs4)nc(-c4nc(C(F)(F)F)cs4)n3)C[C@H]1C(=O)N2. The van der Waals surface area contributed by atoms with Crippen molar-refractivity contribution in [1.82, 2.24) is 35.1 Å². The molecule has 5 heterocycles. The summed E-state index contributed by atoms with van der Waals surface area (Å²) in [6.45, 7) is 2.50. The Bertz CT molecular complexity index is 1730. The van der Waals surface area contributed by atoms with Crippen molar-refractivity contribution in [3.8, 4) is 27.4 Å². The van der Waals surface area contributed by atoms with E-state index in [4.69, 9.17) is 9.47 Å². The van der Waals surface area contributed by atoms with Gasteiger partial charge in [-0.15, -0.1) is 22.7 Å². The first-order chi connectivity index (χ1) is 22.9. The van der Waals surface area contributed by atoms with E-state index in [1.807, 2.05) is 24.5 Å². The van der Waals surface area contributed by atoms with Gasteiger partial charge in [0.25, 0.3) is 0 Å². The zero-order valence-corrected chi connectivity index (χ0v) is 28.1. The summed E-state index contributed by atoms with van der Waals surface area (Å²) in [6, 6.07) is 0.256. The Hall–Kier alpha value is -4.12. The monoisotopic (exact) mass is 705 g/mol. The molecule has 0 bridgehead atoms. The van der Waals surface area contributed by atoms with Crippen LogP contribution in [-0.4, -0.2) is 92.6 Å². The molecule has 1 N–H and O–H groups in total. The molecular formula is C31H34F3N7O5S2. The van der Waals surface area contributed by atoms with E-state index in [1.165, 1.54) is 23.3 Å². The summed E-state index contributed by atoms with van der Waals surface area (Å²) in [7, 11) is 2.97. The number of alkyl halides is 3. The molecule has 12 nitrogen and oxygen atoms in total. The number of methoxy groups -OCH3 is 1. The number of carbonyl (C=O) groups is 3. The number of aromatic nitrogens is 4. The Morgan fingerprint density at radius 3 is 2.58 bits per heavy atom. The molecular weight excluding hydrogens is 672 g/mol. The van der Waals surface area contributed by atoms with Crippen LogP contribution in [0.3, 0.4) is 0 Å². The Labute approximate surface area is 282 Å². The highest BCUT2D eigenvalue weighted by Gasteiger charge is 2.62. The van der Waals surface area contributed by atoms with Gasteiger partial charge in [0.05, 0.1) is 7.11 Å². The lowest BCUT2D eigenvalue weighted by molar-refractivity contribution is -0.147. The molecule has 17 heteroatoms. The number of aryl methyl sites for hydroxylation is 1. The van der Waals surface area contributed by atoms with Gasteiger partial charge in [-0.2, -0.15) is 18.2 Å². The second-order valence-electron chi connectivity index (χ2n) is 12.1. The van der Waals surface area contributed by atoms with Crippen LogP contribution in [0.25, 0.3) is 21.5 Å². The number of urea groups is 1. The number of allylic oxidation sites excluding steroid dienone is 1. The molecule has 3 aromatic rings. The van der Waals surface area contributed by atoms with Crippen LogP contribution in [0.2, 0.25) is 0 Å². The number of ether oxygens (including phenoxy) is 2. The van der Waals surface area contributed by atoms with Crippen molar-refractivity contribution in [3.05, 3.63) is 40.4 Å². The number of nitrogens with zero attached hydrogens (tertiary/aromatic N) is 6. The molecule has 1 saturated carbocycles. The average molecular weight is 706 g/mol. The predicted molar refractivity (Wildman–Crippen MR) is 170 cm³/mol. The quantitative estimate of drug-likeness (QED) is 0.284. The first kappa shape index (κ1) is 33.8. The van der Waals surface area contributed by atoms with E-state index in [0.29, 0.717) is 30.1 Å². The van der Waals surface area contributed by atoms with Crippen molar-refractivity contribution in [2.75, 3.05) is 27.2 Å². The highest BCUT2D eigenvalue weighted by atomic mass is 32.1. The van der Waals surface area contributed by atoms with Crippen LogP contribution < -0.4 is 10.1 Å². The Kier molecular flexibility index (Phi) is 9.44. The van der Waals surface area contributed by atoms with E-state index in [9.17, 15) is 27.6 Å². The highest BCUT2D eigenvalue weighted by Crippen LogP contribution is 2.46. The number of amides is 3. The second-order valence-corrected chi connectivity index (χ2v) is 13.8. The molecule has 256 valence electrons. The van der Waals surface area contributed by atoms with Crippen LogP contribution in [0.15, 0.2) is 29.0 Å². The standard InChI is InChI=1S/C31H34F3N7O5S2/c1-17-15-47-26(35-17)20-13-23(38-24(36-20)27-37-22(16-48-27)31(32,33)34)46-19-9-11-41-21(12-19)25(42)39-30(28(43)45-3)14-18(30)8-6-4-5-7-10-40(2)29(41)44/h6,8,13,15-16,18-19,21H,4-5,7,9-12,14H2,1-3H3,(H,39,42)/b8-6-/t18-,19-,21-,30+/m0/s1. The normalized spacial score (nSPS) is 25.8. The molecule has 2 fully saturated rings. The van der Waals surface area contributed by atoms with Gasteiger partial charge in [0.1, 0.15) is 28.4 Å². The van der Waals surface area contributed by atoms with Gasteiger partial charge in [0, 0.05) is 61.4 Å². The lowest BCUT2D eigenvalue weighted by atomic mass is 9.98. The third kappa shape index (κ3) is 7.02. The van der Waals surface area contributed by atoms with E-state index < -0.39 is 41.4 Å². The van der Waals surface area contributed by atoms with Crippen molar-refractivity contribution in [1.29, 1.82) is 0 Å². The zero-order valence-electron chi connectivity index (χ0n) is 26.5. The summed E-state index contributed by atoms with van der Waals surface area (Å²) >= 11 is 2.07. The molecule has 48 heavy (non-hydrogen) atoms. The van der Waals surface area contributed by atoms with Gasteiger partial charge < -0.3 is 24.6 Å². The minimum absolute atomic E-state index is 0.0442. The van der Waals surface area contributed by atoms with Gasteiger partial charge in [-0.05, 0) is 32.6 Å². The molecule has 2 aliphatic heterocycles. The number of halogens is 3. The third-order valence-electron chi connectivity index (χ3n) is 8.64. The van der Waals surface area contributed by atoms with Crippen molar-refractivity contribution in [2.24, 2.45) is 5.92 Å². The van der Waals surface area contributed by atoms with Gasteiger partial charge in [0.2, 0.25) is 11.8 Å². The van der Waals surface area contributed by atoms with Crippen LogP contribution in [0.4, 0.5) is 18.0 Å². The summed E-state index contributed by atoms with van der Waals surface area (Å²) in [5.41, 5.74) is -1.18. The Balaban J connectivity index is 1.30. The molecule has 4 atom stereocenters. The maximum atomic E-state index is 14.0. The zero-order chi connectivity index (χ0) is 34.2. The fraction of sp³-hybridized carbons (Fsp3) is 0.516. The number of fused-ring (bicyclic) bond motifs is 2. The summed E-state index contributed by atoms with van der Waals surface area (Å²) in [6.07, 6.45) is 1.92. The third-order valence-corrected chi connectivity index (χ3v) is 10.5. The fourth-order valence-corrected chi connectivity index (χ4v) is 7.49. The summed E-state index contributed by atoms with van der Waals surface area (Å²) in [5.74, 6) is -1.28. The van der Waals surface area contributed by atoms with E-state index in [-0.39, 0.29) is 41.6 Å². The number of piperidine rings is 1. The number of carbonyl (C=O) groups excluding carboxylic acids is 3. The second kappa shape index (κ2) is 13.4. The van der Waals surface area contributed by atoms with Crippen LogP contribution in [0, 0.1) is 12.8 Å². The molecule has 1 aliphatic carbocycles. The number of esters is 1. The van der Waals surface area contributed by atoms with E-state index >= 15 is 0 Å². The summed E-state index contributed by atoms with van der Waals surface area (Å²) in [4.78, 5) is 60.6. The van der Waals surface area contributed by atoms with Gasteiger partial charge in [-0.1, -0.05) is 12.2 Å². The van der Waals surface area contributed by atoms with Gasteiger partial charge in [-0.3, -0.25) is 4.79 Å². The van der Waals surface area contributed by atoms with Crippen molar-refractivity contribution >= 4 is 40.6 Å². The average Bonchev–Trinajstić information content (AvgIpc) is 3.36. The number of hydrogen-bond donors (Lipinski definition) is 1. The van der Waals surface area contributed by atoms with E-state index in [2.05, 4.69) is 25.3 Å². The predicted octanol–water partition coefficient (Wildman–Crippen LogP) is 5.10. The number of nitrogens with one attached hydrogen (secondary N) is 1. The molecule has 3 amide bonds. The van der Waals surface area contributed by atoms with Crippen LogP contribution in [-0.2, 0) is 20.5 Å². The number of rotatable bonds is 5. The molecule has 0 spiro atoms. The van der Waals surface area contributed by atoms with Crippen molar-refractivity contribution < 1.29 is 37.0 Å². The smallest absolute Gasteiger partial charge is 0.434 e. The molecule has 0 aromatic carbocycles. The fourth-order valence-electron chi connectivity index (χ4n) is 5.98. The molecule has 6 rings (SSSR count). The van der Waals surface area contributed by atoms with E-state index in [0.717, 1.165) is 41.7 Å². The first-order valence-corrected chi connectivity index (χ1v) is 17.2. The lowest BCUT2D eigenvalue weighted by Crippen LogP contribution is -2.60. The number of hydrogen-bond acceptors (Lipinski definition) is 11. The Morgan fingerprint density at radius 1 is 1.08 bits per heavy atom. The minimum atomic E-state index is -4.63. The minimum Gasteiger partial charge on any atom is -0.474 e. The summed E-state index contributed by atoms with van der Waals surface area (Å²) < 4.78 is 51.4. The lowest BCUT2D eigenvalue weighted by Gasteiger charge is -2.40. The maximum Gasteiger partial charge on any atom is 0.434 e. The highest BCUT2D eigenvalue weighted by molar-refractivity contribution is 7.13. The van der Waals surface area contributed by atoms with Gasteiger partial charge >= 0.3 is 18.2 Å². The molecule has 3 aliphatic rings. The molecule has 3 aromatic heterocycles. The van der Waals surface area contributed by atoms with Gasteiger partial charge in [-0.25, -0.2) is 24.5 Å². The van der Waals surface area contributed by atoms with Crippen molar-refractivity contribution in [3.63, 3.8) is 0 Å². The molecule has 0 radical (unpaired) electrons. The molecule has 0 unspecified atom stereocenters. The van der Waals surface area contributed by atoms with Crippen LogP contribution in [0.5, 0.6) is 5.88 Å².